The fourth-order valence-corrected chi connectivity index (χ4v) is 5.82. The number of phenols is 2. The van der Waals surface area contributed by atoms with Crippen LogP contribution in [0.2, 0.25) is 0 Å². The number of nitrogens with zero attached hydrogens (tertiary/aromatic N) is 4. The van der Waals surface area contributed by atoms with Gasteiger partial charge in [0, 0.05) is 60.4 Å². The van der Waals surface area contributed by atoms with E-state index in [0.29, 0.717) is 29.0 Å². The lowest BCUT2D eigenvalue weighted by Crippen LogP contribution is -2.46. The molecule has 2 heterocycles. The van der Waals surface area contributed by atoms with Gasteiger partial charge in [-0.25, -0.2) is 0 Å². The molecule has 2 saturated heterocycles. The Hall–Kier alpha value is -3.62. The van der Waals surface area contributed by atoms with Gasteiger partial charge in [-0.05, 0) is 82.0 Å². The Labute approximate surface area is 239 Å². The number of quaternary nitrogens is 1. The first-order valence-corrected chi connectivity index (χ1v) is 14.3. The summed E-state index contributed by atoms with van der Waals surface area (Å²) in [6, 6.07) is 19.6. The lowest BCUT2D eigenvalue weighted by molar-refractivity contribution is -0.893. The molecular formula is C32H45N6O2+. The van der Waals surface area contributed by atoms with Gasteiger partial charge in [-0.1, -0.05) is 0 Å². The second-order valence-electron chi connectivity index (χ2n) is 12.5. The number of phenolic OH excluding ortho intramolecular Hbond substituents is 2. The van der Waals surface area contributed by atoms with Gasteiger partial charge in [0.05, 0.1) is 39.1 Å². The monoisotopic (exact) mass is 545 g/mol. The number of anilines is 6. The van der Waals surface area contributed by atoms with Crippen LogP contribution in [0, 0.1) is 6.92 Å². The Balaban J connectivity index is 1.27. The second kappa shape index (κ2) is 11.1. The number of rotatable bonds is 8. The quantitative estimate of drug-likeness (QED) is 0.174. The first-order valence-electron chi connectivity index (χ1n) is 14.3. The van der Waals surface area contributed by atoms with Gasteiger partial charge in [-0.3, -0.25) is 0 Å². The molecule has 3 aromatic rings. The van der Waals surface area contributed by atoms with E-state index < -0.39 is 0 Å². The minimum atomic E-state index is 0.0386. The Kier molecular flexibility index (Phi) is 7.75. The molecule has 0 amide bonds. The van der Waals surface area contributed by atoms with E-state index in [4.69, 9.17) is 0 Å². The van der Waals surface area contributed by atoms with Gasteiger partial charge in [0.15, 0.2) is 0 Å². The fraction of sp³-hybridized carbons (Fsp3) is 0.438. The Bertz CT molecular complexity index is 1320. The fourth-order valence-electron chi connectivity index (χ4n) is 5.82. The van der Waals surface area contributed by atoms with Crippen molar-refractivity contribution >= 4 is 34.1 Å². The van der Waals surface area contributed by atoms with Gasteiger partial charge in [0.2, 0.25) is 0 Å². The van der Waals surface area contributed by atoms with E-state index in [1.165, 1.54) is 24.2 Å². The molecule has 0 aliphatic carbocycles. The molecule has 0 saturated carbocycles. The molecule has 2 aliphatic rings. The van der Waals surface area contributed by atoms with Crippen molar-refractivity contribution in [2.75, 3.05) is 81.9 Å². The Morgan fingerprint density at radius 1 is 0.750 bits per heavy atom. The lowest BCUT2D eigenvalue weighted by Gasteiger charge is -2.31. The van der Waals surface area contributed by atoms with Crippen molar-refractivity contribution in [3.05, 3.63) is 60.2 Å². The molecule has 8 nitrogen and oxygen atoms in total. The third kappa shape index (κ3) is 5.93. The minimum Gasteiger partial charge on any atom is -0.505 e. The van der Waals surface area contributed by atoms with E-state index in [0.717, 1.165) is 42.0 Å². The van der Waals surface area contributed by atoms with Gasteiger partial charge >= 0.3 is 0 Å². The Morgan fingerprint density at radius 2 is 1.23 bits per heavy atom. The molecule has 0 aromatic heterocycles. The summed E-state index contributed by atoms with van der Waals surface area (Å²) in [5, 5.41) is 28.3. The van der Waals surface area contributed by atoms with E-state index in [9.17, 15) is 10.2 Å². The zero-order chi connectivity index (χ0) is 28.6. The highest BCUT2D eigenvalue weighted by Gasteiger charge is 2.32. The summed E-state index contributed by atoms with van der Waals surface area (Å²) in [5.41, 5.74) is 5.68. The van der Waals surface area contributed by atoms with Gasteiger partial charge in [-0.15, -0.1) is 0 Å². The van der Waals surface area contributed by atoms with Crippen molar-refractivity contribution in [1.29, 1.82) is 0 Å². The van der Waals surface area contributed by atoms with Crippen molar-refractivity contribution in [3.8, 4) is 11.5 Å². The van der Waals surface area contributed by atoms with Crippen LogP contribution in [0.25, 0.3) is 0 Å². The maximum Gasteiger partial charge on any atom is 0.145 e. The van der Waals surface area contributed by atoms with Crippen LogP contribution in [0.5, 0.6) is 11.5 Å². The molecule has 0 bridgehead atoms. The molecule has 2 aliphatic heterocycles. The molecule has 0 spiro atoms. The standard InChI is InChI=1S/C32H44N6O2/c1-22-31(39)29(33-23-7-11-25(12-8-23)36-17-15-27(20-36)35(2)3)19-30(32(22)40)34-24-9-13-26(14-10-24)37-18-16-28(21-37)38(4,5)6/h7-14,19,27-28,33-34H,15-18,20-21H2,1-6H3,(H-,39,40)/p+1. The first-order chi connectivity index (χ1) is 19.0. The predicted molar refractivity (Wildman–Crippen MR) is 167 cm³/mol. The summed E-state index contributed by atoms with van der Waals surface area (Å²) in [6.45, 7) is 5.93. The average molecular weight is 546 g/mol. The first kappa shape index (κ1) is 27.9. The van der Waals surface area contributed by atoms with Crippen LogP contribution in [-0.2, 0) is 0 Å². The minimum absolute atomic E-state index is 0.0386. The smallest absolute Gasteiger partial charge is 0.145 e. The second-order valence-corrected chi connectivity index (χ2v) is 12.5. The number of hydrogen-bond acceptors (Lipinski definition) is 7. The SMILES string of the molecule is Cc1c(O)c(Nc2ccc(N3CCC(N(C)C)C3)cc2)cc(Nc2ccc(N3CCC([N+](C)(C)C)C3)cc2)c1O. The van der Waals surface area contributed by atoms with Crippen LogP contribution >= 0.6 is 0 Å². The van der Waals surface area contributed by atoms with Gasteiger partial charge in [0.1, 0.15) is 17.5 Å². The predicted octanol–water partition coefficient (Wildman–Crippen LogP) is 5.32. The van der Waals surface area contributed by atoms with E-state index in [1.54, 1.807) is 13.0 Å². The van der Waals surface area contributed by atoms with Gasteiger partial charge in [0.25, 0.3) is 0 Å². The van der Waals surface area contributed by atoms with Crippen molar-refractivity contribution in [2.24, 2.45) is 0 Å². The summed E-state index contributed by atoms with van der Waals surface area (Å²) in [5.74, 6) is 0.0777. The maximum absolute atomic E-state index is 10.8. The summed E-state index contributed by atoms with van der Waals surface area (Å²) in [6.07, 6.45) is 2.36. The highest BCUT2D eigenvalue weighted by molar-refractivity contribution is 5.80. The Morgan fingerprint density at radius 3 is 1.65 bits per heavy atom. The third-order valence-corrected chi connectivity index (χ3v) is 8.68. The molecule has 2 atom stereocenters. The van der Waals surface area contributed by atoms with Crippen LogP contribution in [-0.4, -0.2) is 93.1 Å². The normalized spacial score (nSPS) is 19.5. The largest absolute Gasteiger partial charge is 0.505 e. The molecule has 5 rings (SSSR count). The molecule has 2 fully saturated rings. The topological polar surface area (TPSA) is 74.2 Å². The zero-order valence-electron chi connectivity index (χ0n) is 24.8. The van der Waals surface area contributed by atoms with E-state index in [1.807, 2.05) is 24.3 Å². The molecule has 8 heteroatoms. The number of hydrogen-bond donors (Lipinski definition) is 4. The highest BCUT2D eigenvalue weighted by Crippen LogP contribution is 2.42. The van der Waals surface area contributed by atoms with E-state index >= 15 is 0 Å². The van der Waals surface area contributed by atoms with Crippen molar-refractivity contribution in [1.82, 2.24) is 4.90 Å². The highest BCUT2D eigenvalue weighted by atomic mass is 16.3. The lowest BCUT2D eigenvalue weighted by atomic mass is 10.1. The zero-order valence-corrected chi connectivity index (χ0v) is 24.8. The molecule has 2 unspecified atom stereocenters. The van der Waals surface area contributed by atoms with E-state index in [2.05, 4.69) is 84.8 Å². The number of likely N-dealkylation sites (N-methyl/N-ethyl adjacent to an activating group) is 2. The summed E-state index contributed by atoms with van der Waals surface area (Å²) < 4.78 is 0.978. The molecule has 4 N–H and O–H groups in total. The third-order valence-electron chi connectivity index (χ3n) is 8.68. The number of aromatic hydroxyl groups is 2. The summed E-state index contributed by atoms with van der Waals surface area (Å²) >= 11 is 0. The van der Waals surface area contributed by atoms with Crippen LogP contribution in [0.3, 0.4) is 0 Å². The van der Waals surface area contributed by atoms with Crippen LogP contribution in [0.1, 0.15) is 18.4 Å². The van der Waals surface area contributed by atoms with Crippen molar-refractivity contribution in [3.63, 3.8) is 0 Å². The van der Waals surface area contributed by atoms with E-state index in [-0.39, 0.29) is 11.5 Å². The van der Waals surface area contributed by atoms with Crippen molar-refractivity contribution < 1.29 is 14.7 Å². The van der Waals surface area contributed by atoms with Crippen LogP contribution in [0.4, 0.5) is 34.1 Å². The molecule has 40 heavy (non-hydrogen) atoms. The number of nitrogens with one attached hydrogen (secondary N) is 2. The average Bonchev–Trinajstić information content (AvgIpc) is 3.62. The summed E-state index contributed by atoms with van der Waals surface area (Å²) in [7, 11) is 11.1. The molecular weight excluding hydrogens is 500 g/mol. The molecule has 214 valence electrons. The van der Waals surface area contributed by atoms with Gasteiger partial charge < -0.3 is 40.0 Å². The van der Waals surface area contributed by atoms with Crippen molar-refractivity contribution in [2.45, 2.75) is 31.8 Å². The van der Waals surface area contributed by atoms with Gasteiger partial charge in [-0.2, -0.15) is 0 Å². The molecule has 3 aromatic carbocycles. The van der Waals surface area contributed by atoms with Crippen LogP contribution < -0.4 is 20.4 Å². The number of benzene rings is 3. The summed E-state index contributed by atoms with van der Waals surface area (Å²) in [4.78, 5) is 7.15. The maximum atomic E-state index is 10.8. The van der Waals surface area contributed by atoms with Crippen LogP contribution in [0.15, 0.2) is 54.6 Å². The molecule has 0 radical (unpaired) electrons.